The normalized spacial score (nSPS) is 18.7. The molecule has 1 amide bonds. The van der Waals surface area contributed by atoms with Gasteiger partial charge in [0, 0.05) is 29.4 Å². The van der Waals surface area contributed by atoms with Crippen molar-refractivity contribution in [2.75, 3.05) is 0 Å². The first-order valence-corrected chi connectivity index (χ1v) is 9.11. The predicted molar refractivity (Wildman–Crippen MR) is 101 cm³/mol. The van der Waals surface area contributed by atoms with E-state index in [1.54, 1.807) is 12.1 Å². The van der Waals surface area contributed by atoms with Crippen molar-refractivity contribution in [3.8, 4) is 11.9 Å². The van der Waals surface area contributed by atoms with E-state index in [0.29, 0.717) is 37.1 Å². The number of hydrogen-bond donors (Lipinski definition) is 1. The highest BCUT2D eigenvalue weighted by Gasteiger charge is 2.27. The lowest BCUT2D eigenvalue weighted by molar-refractivity contribution is -0.385. The van der Waals surface area contributed by atoms with Crippen molar-refractivity contribution in [3.63, 3.8) is 0 Å². The lowest BCUT2D eigenvalue weighted by atomic mass is 9.92. The van der Waals surface area contributed by atoms with Gasteiger partial charge < -0.3 is 10.1 Å². The molecule has 0 bridgehead atoms. The predicted octanol–water partition coefficient (Wildman–Crippen LogP) is 3.63. The molecule has 2 aromatic rings. The molecule has 28 heavy (non-hydrogen) atoms. The number of ether oxygens (including phenoxy) is 1. The molecule has 1 fully saturated rings. The average molecular weight is 401 g/mol. The maximum absolute atomic E-state index is 12.5. The maximum Gasteiger partial charge on any atom is 0.282 e. The number of carbonyl (C=O) groups excluding carboxylic acids is 1. The van der Waals surface area contributed by atoms with Crippen LogP contribution in [0, 0.1) is 21.4 Å². The minimum absolute atomic E-state index is 0.0332. The molecule has 0 saturated heterocycles. The Bertz CT molecular complexity index is 919. The summed E-state index contributed by atoms with van der Waals surface area (Å²) in [6.07, 6.45) is 4.21. The molecule has 0 spiro atoms. The fraction of sp³-hybridized carbons (Fsp3) is 0.316. The van der Waals surface area contributed by atoms with Gasteiger partial charge in [-0.1, -0.05) is 11.6 Å². The highest BCUT2D eigenvalue weighted by atomic mass is 35.5. The molecule has 1 heterocycles. The van der Waals surface area contributed by atoms with Crippen LogP contribution in [0.15, 0.2) is 36.5 Å². The summed E-state index contributed by atoms with van der Waals surface area (Å²) in [6, 6.07) is 9.13. The van der Waals surface area contributed by atoms with Crippen LogP contribution in [0.2, 0.25) is 5.02 Å². The monoisotopic (exact) mass is 400 g/mol. The van der Waals surface area contributed by atoms with Gasteiger partial charge in [0.05, 0.1) is 10.5 Å². The lowest BCUT2D eigenvalue weighted by Gasteiger charge is -2.29. The number of amides is 1. The van der Waals surface area contributed by atoms with Crippen molar-refractivity contribution in [2.24, 2.45) is 0 Å². The number of halogens is 1. The number of carbonyl (C=O) groups is 1. The number of nitro groups is 1. The second-order valence-corrected chi connectivity index (χ2v) is 6.92. The number of aromatic nitrogens is 1. The van der Waals surface area contributed by atoms with E-state index >= 15 is 0 Å². The van der Waals surface area contributed by atoms with Crippen LogP contribution >= 0.6 is 11.6 Å². The largest absolute Gasteiger partial charge is 0.474 e. The maximum atomic E-state index is 12.5. The first-order valence-electron chi connectivity index (χ1n) is 8.74. The summed E-state index contributed by atoms with van der Waals surface area (Å²) < 4.78 is 5.82. The van der Waals surface area contributed by atoms with E-state index in [4.69, 9.17) is 21.6 Å². The molecule has 3 rings (SSSR count). The number of nitrogens with zero attached hydrogens (tertiary/aromatic N) is 3. The van der Waals surface area contributed by atoms with Gasteiger partial charge in [0.2, 0.25) is 5.88 Å². The van der Waals surface area contributed by atoms with Gasteiger partial charge >= 0.3 is 0 Å². The second-order valence-electron chi connectivity index (χ2n) is 6.48. The number of nitrogens with one attached hydrogen (secondary N) is 1. The summed E-state index contributed by atoms with van der Waals surface area (Å²) in [4.78, 5) is 27.1. The zero-order valence-corrected chi connectivity index (χ0v) is 15.6. The fourth-order valence-corrected chi connectivity index (χ4v) is 3.30. The standard InChI is InChI=1S/C19H17ClN4O4/c20-13-2-7-17(24(26)27)16(9-13)19(25)23-14-3-5-15(6-4-14)28-18-8-1-12(10-21)11-22-18/h1-2,7-9,11,14-15H,3-6H2,(H,23,25). The van der Waals surface area contributed by atoms with Crippen molar-refractivity contribution in [3.05, 3.63) is 62.8 Å². The zero-order valence-electron chi connectivity index (χ0n) is 14.8. The third kappa shape index (κ3) is 4.75. The summed E-state index contributed by atoms with van der Waals surface area (Å²) >= 11 is 5.88. The van der Waals surface area contributed by atoms with Crippen LogP contribution < -0.4 is 10.1 Å². The van der Waals surface area contributed by atoms with Crippen molar-refractivity contribution in [2.45, 2.75) is 37.8 Å². The molecular weight excluding hydrogens is 384 g/mol. The molecule has 1 saturated carbocycles. The van der Waals surface area contributed by atoms with Crippen LogP contribution in [0.3, 0.4) is 0 Å². The lowest BCUT2D eigenvalue weighted by Crippen LogP contribution is -2.40. The molecule has 144 valence electrons. The van der Waals surface area contributed by atoms with Crippen LogP contribution in [0.4, 0.5) is 5.69 Å². The number of hydrogen-bond acceptors (Lipinski definition) is 6. The minimum Gasteiger partial charge on any atom is -0.474 e. The summed E-state index contributed by atoms with van der Waals surface area (Å²) in [5.41, 5.74) is 0.150. The molecule has 8 nitrogen and oxygen atoms in total. The zero-order chi connectivity index (χ0) is 20.1. The Morgan fingerprint density at radius 3 is 2.64 bits per heavy atom. The molecule has 0 atom stereocenters. The topological polar surface area (TPSA) is 118 Å². The van der Waals surface area contributed by atoms with E-state index < -0.39 is 10.8 Å². The SMILES string of the molecule is N#Cc1ccc(OC2CCC(NC(=O)c3cc(Cl)ccc3[N+](=O)[O-])CC2)nc1. The van der Waals surface area contributed by atoms with Crippen molar-refractivity contribution < 1.29 is 14.5 Å². The molecule has 1 aliphatic rings. The van der Waals surface area contributed by atoms with Crippen LogP contribution in [0.5, 0.6) is 5.88 Å². The third-order valence-electron chi connectivity index (χ3n) is 4.56. The van der Waals surface area contributed by atoms with E-state index in [1.165, 1.54) is 24.4 Å². The summed E-state index contributed by atoms with van der Waals surface area (Å²) in [7, 11) is 0. The Morgan fingerprint density at radius 2 is 2.04 bits per heavy atom. The number of pyridine rings is 1. The Labute approximate surface area is 166 Å². The van der Waals surface area contributed by atoms with Gasteiger partial charge in [-0.25, -0.2) is 4.98 Å². The first kappa shape index (κ1) is 19.6. The molecular formula is C19H17ClN4O4. The highest BCUT2D eigenvalue weighted by molar-refractivity contribution is 6.31. The third-order valence-corrected chi connectivity index (χ3v) is 4.80. The minimum atomic E-state index is -0.597. The van der Waals surface area contributed by atoms with Crippen molar-refractivity contribution >= 4 is 23.2 Å². The van der Waals surface area contributed by atoms with E-state index in [9.17, 15) is 14.9 Å². The van der Waals surface area contributed by atoms with Gasteiger partial charge in [-0.3, -0.25) is 14.9 Å². The van der Waals surface area contributed by atoms with Gasteiger partial charge in [-0.15, -0.1) is 0 Å². The molecule has 0 unspecified atom stereocenters. The average Bonchev–Trinajstić information content (AvgIpc) is 2.69. The van der Waals surface area contributed by atoms with E-state index in [2.05, 4.69) is 10.3 Å². The molecule has 1 aromatic heterocycles. The van der Waals surface area contributed by atoms with Gasteiger partial charge in [0.25, 0.3) is 11.6 Å². The molecule has 1 aliphatic carbocycles. The summed E-state index contributed by atoms with van der Waals surface area (Å²) in [6.45, 7) is 0. The van der Waals surface area contributed by atoms with Gasteiger partial charge in [0.15, 0.2) is 0 Å². The van der Waals surface area contributed by atoms with E-state index in [0.717, 1.165) is 0 Å². The van der Waals surface area contributed by atoms with Crippen LogP contribution in [-0.4, -0.2) is 28.0 Å². The highest BCUT2D eigenvalue weighted by Crippen LogP contribution is 2.26. The molecule has 0 aliphatic heterocycles. The number of rotatable bonds is 5. The van der Waals surface area contributed by atoms with Crippen LogP contribution in [-0.2, 0) is 0 Å². The first-order chi connectivity index (χ1) is 13.5. The number of nitro benzene ring substituents is 1. The second kappa shape index (κ2) is 8.67. The molecule has 1 N–H and O–H groups in total. The summed E-state index contributed by atoms with van der Waals surface area (Å²) in [5.74, 6) is -0.0478. The fourth-order valence-electron chi connectivity index (χ4n) is 3.12. The quantitative estimate of drug-likeness (QED) is 0.604. The summed E-state index contributed by atoms with van der Waals surface area (Å²) in [5, 5.41) is 23.0. The Morgan fingerprint density at radius 1 is 1.29 bits per heavy atom. The van der Waals surface area contributed by atoms with Crippen LogP contribution in [0.25, 0.3) is 0 Å². The Balaban J connectivity index is 1.55. The Kier molecular flexibility index (Phi) is 6.06. The van der Waals surface area contributed by atoms with E-state index in [1.807, 2.05) is 6.07 Å². The van der Waals surface area contributed by atoms with Crippen molar-refractivity contribution in [1.82, 2.24) is 10.3 Å². The smallest absolute Gasteiger partial charge is 0.282 e. The number of nitriles is 1. The van der Waals surface area contributed by atoms with Gasteiger partial charge in [0.1, 0.15) is 17.7 Å². The number of benzene rings is 1. The Hall–Kier alpha value is -3.18. The molecule has 1 aromatic carbocycles. The van der Waals surface area contributed by atoms with Crippen LogP contribution in [0.1, 0.15) is 41.6 Å². The van der Waals surface area contributed by atoms with Crippen molar-refractivity contribution in [1.29, 1.82) is 5.26 Å². The van der Waals surface area contributed by atoms with Gasteiger partial charge in [-0.05, 0) is 43.9 Å². The van der Waals surface area contributed by atoms with E-state index in [-0.39, 0.29) is 28.4 Å². The molecule has 0 radical (unpaired) electrons. The molecule has 9 heteroatoms. The van der Waals surface area contributed by atoms with Gasteiger partial charge in [-0.2, -0.15) is 5.26 Å².